The van der Waals surface area contributed by atoms with Crippen LogP contribution in [0.5, 0.6) is 0 Å². The molecule has 0 aliphatic rings. The smallest absolute Gasteiger partial charge is 0.414 e. The molecule has 0 aliphatic carbocycles. The van der Waals surface area contributed by atoms with Crippen LogP contribution in [-0.2, 0) is 19.1 Å². The number of carbonyl (C=O) groups excluding carboxylic acids is 3. The van der Waals surface area contributed by atoms with Gasteiger partial charge >= 0.3 is 6.16 Å². The molecule has 0 aromatic heterocycles. The second-order valence-electron chi connectivity index (χ2n) is 3.85. The Labute approximate surface area is 127 Å². The van der Waals surface area contributed by atoms with Gasteiger partial charge in [-0.15, -0.1) is 0 Å². The Morgan fingerprint density at radius 2 is 1.25 bits per heavy atom. The molecule has 0 saturated carbocycles. The first-order chi connectivity index (χ1) is 9.31. The molecule has 0 rings (SSSR count). The topological polar surface area (TPSA) is 93.7 Å². The fraction of sp³-hybridized carbons (Fsp3) is 0.727. The lowest BCUT2D eigenvalue weighted by atomic mass is 10.4. The number of rotatable bonds is 8. The zero-order valence-electron chi connectivity index (χ0n) is 11.3. The summed E-state index contributed by atoms with van der Waals surface area (Å²) in [5.74, 6) is -0.398. The maximum absolute atomic E-state index is 11.3. The molecule has 2 amide bonds. The first kappa shape index (κ1) is 18.8. The molecule has 0 aromatic carbocycles. The van der Waals surface area contributed by atoms with E-state index in [1.807, 2.05) is 0 Å². The van der Waals surface area contributed by atoms with E-state index in [-0.39, 0.29) is 37.7 Å². The average Bonchev–Trinajstić information content (AvgIpc) is 2.26. The van der Waals surface area contributed by atoms with E-state index in [0.29, 0.717) is 0 Å². The van der Waals surface area contributed by atoms with Gasteiger partial charge in [0.1, 0.15) is 0 Å². The van der Waals surface area contributed by atoms with E-state index < -0.39 is 17.3 Å². The van der Waals surface area contributed by atoms with Crippen molar-refractivity contribution in [2.24, 2.45) is 0 Å². The molecule has 0 aliphatic heterocycles. The van der Waals surface area contributed by atoms with Gasteiger partial charge in [-0.05, 0) is 0 Å². The van der Waals surface area contributed by atoms with Crippen molar-refractivity contribution in [2.45, 2.75) is 37.8 Å². The van der Waals surface area contributed by atoms with Crippen LogP contribution in [0.1, 0.15) is 26.7 Å². The number of hydrogen-bond donors (Lipinski definition) is 2. The van der Waals surface area contributed by atoms with Crippen molar-refractivity contribution in [3.63, 3.8) is 0 Å². The lowest BCUT2D eigenvalue weighted by Gasteiger charge is -2.14. The number of ether oxygens (including phenoxy) is 2. The Balaban J connectivity index is 3.74. The highest BCUT2D eigenvalue weighted by molar-refractivity contribution is 6.20. The minimum absolute atomic E-state index is 0.199. The van der Waals surface area contributed by atoms with E-state index in [0.717, 1.165) is 0 Å². The van der Waals surface area contributed by atoms with Crippen LogP contribution < -0.4 is 10.6 Å². The Hall–Kier alpha value is -1.21. The molecular formula is C11H18Cl2N2O5. The molecule has 0 aromatic rings. The van der Waals surface area contributed by atoms with Crippen molar-refractivity contribution < 1.29 is 23.9 Å². The summed E-state index contributed by atoms with van der Waals surface area (Å²) in [5.41, 5.74) is -1.85. The van der Waals surface area contributed by atoms with Gasteiger partial charge in [0.05, 0.1) is 0 Å². The summed E-state index contributed by atoms with van der Waals surface area (Å²) in [6.45, 7) is 3.30. The van der Waals surface area contributed by atoms with E-state index >= 15 is 0 Å². The van der Waals surface area contributed by atoms with Crippen LogP contribution in [0.2, 0.25) is 0 Å². The number of carbonyl (C=O) groups is 3. The zero-order chi connectivity index (χ0) is 15.5. The predicted octanol–water partition coefficient (Wildman–Crippen LogP) is 1.32. The van der Waals surface area contributed by atoms with Gasteiger partial charge in [-0.3, -0.25) is 9.59 Å². The van der Waals surface area contributed by atoms with Crippen molar-refractivity contribution in [3.05, 3.63) is 0 Å². The third-order valence-corrected chi connectivity index (χ3v) is 2.55. The van der Waals surface area contributed by atoms with Gasteiger partial charge in [0.2, 0.25) is 11.8 Å². The summed E-state index contributed by atoms with van der Waals surface area (Å²) in [6.07, 6.45) is -0.514. The Kier molecular flexibility index (Phi) is 9.92. The number of hydrogen-bond acceptors (Lipinski definition) is 5. The van der Waals surface area contributed by atoms with Gasteiger partial charge in [0, 0.05) is 39.8 Å². The lowest BCUT2D eigenvalue weighted by Crippen LogP contribution is -2.27. The van der Waals surface area contributed by atoms with Crippen molar-refractivity contribution in [1.29, 1.82) is 0 Å². The largest absolute Gasteiger partial charge is 0.511 e. The van der Waals surface area contributed by atoms with E-state index in [9.17, 15) is 14.4 Å². The maximum Gasteiger partial charge on any atom is 0.511 e. The number of alkyl halides is 2. The Morgan fingerprint density at radius 3 is 1.55 bits per heavy atom. The zero-order valence-corrected chi connectivity index (χ0v) is 12.8. The third kappa shape index (κ3) is 11.9. The molecule has 9 heteroatoms. The van der Waals surface area contributed by atoms with Crippen LogP contribution in [0.15, 0.2) is 0 Å². The first-order valence-corrected chi connectivity index (χ1v) is 6.82. The Morgan fingerprint density at radius 1 is 0.900 bits per heavy atom. The fourth-order valence-corrected chi connectivity index (χ4v) is 1.44. The third-order valence-electron chi connectivity index (χ3n) is 1.94. The highest BCUT2D eigenvalue weighted by Crippen LogP contribution is 2.09. The molecule has 2 unspecified atom stereocenters. The van der Waals surface area contributed by atoms with Crippen LogP contribution in [0.25, 0.3) is 0 Å². The van der Waals surface area contributed by atoms with Gasteiger partial charge in [-0.25, -0.2) is 4.79 Å². The molecule has 0 saturated heterocycles. The van der Waals surface area contributed by atoms with Gasteiger partial charge in [-0.2, -0.15) is 0 Å². The molecule has 116 valence electrons. The van der Waals surface area contributed by atoms with E-state index in [1.165, 1.54) is 13.8 Å². The second kappa shape index (κ2) is 10.6. The highest BCUT2D eigenvalue weighted by Gasteiger charge is 2.16. The number of amides is 2. The SMILES string of the molecule is CC(=O)NCCC(Cl)OC(=O)OC(Cl)CCNC(C)=O. The van der Waals surface area contributed by atoms with Crippen molar-refractivity contribution >= 4 is 41.2 Å². The summed E-state index contributed by atoms with van der Waals surface area (Å²) in [4.78, 5) is 32.5. The normalized spacial score (nSPS) is 13.0. The molecule has 2 atom stereocenters. The number of halogens is 2. The van der Waals surface area contributed by atoms with Crippen LogP contribution in [0.3, 0.4) is 0 Å². The minimum atomic E-state index is -1.00. The lowest BCUT2D eigenvalue weighted by molar-refractivity contribution is -0.119. The summed E-state index contributed by atoms with van der Waals surface area (Å²) in [6, 6.07) is 0. The molecule has 0 heterocycles. The van der Waals surface area contributed by atoms with Gasteiger partial charge in [0.15, 0.2) is 11.1 Å². The van der Waals surface area contributed by atoms with Gasteiger partial charge in [0.25, 0.3) is 0 Å². The summed E-state index contributed by atoms with van der Waals surface area (Å²) < 4.78 is 9.42. The first-order valence-electron chi connectivity index (χ1n) is 5.95. The fourth-order valence-electron chi connectivity index (χ4n) is 1.08. The average molecular weight is 329 g/mol. The standard InChI is InChI=1S/C11H18Cl2N2O5/c1-7(16)14-5-3-9(12)19-11(18)20-10(13)4-6-15-8(2)17/h9-10H,3-6H2,1-2H3,(H,14,16)(H,15,17). The van der Waals surface area contributed by atoms with Crippen LogP contribution in [0.4, 0.5) is 4.79 Å². The van der Waals surface area contributed by atoms with Gasteiger partial charge < -0.3 is 20.1 Å². The van der Waals surface area contributed by atoms with Crippen LogP contribution >= 0.6 is 23.2 Å². The van der Waals surface area contributed by atoms with E-state index in [4.69, 9.17) is 32.7 Å². The molecule has 0 bridgehead atoms. The van der Waals surface area contributed by atoms with Crippen molar-refractivity contribution in [3.8, 4) is 0 Å². The molecule has 2 N–H and O–H groups in total. The molecule has 20 heavy (non-hydrogen) atoms. The van der Waals surface area contributed by atoms with E-state index in [2.05, 4.69) is 10.6 Å². The highest BCUT2D eigenvalue weighted by atomic mass is 35.5. The second-order valence-corrected chi connectivity index (χ2v) is 4.82. The number of nitrogens with one attached hydrogen (secondary N) is 2. The van der Waals surface area contributed by atoms with Crippen LogP contribution in [0, 0.1) is 0 Å². The quantitative estimate of drug-likeness (QED) is 0.517. The van der Waals surface area contributed by atoms with Gasteiger partial charge in [-0.1, -0.05) is 23.2 Å². The molecule has 0 spiro atoms. The summed E-state index contributed by atoms with van der Waals surface area (Å²) in [5, 5.41) is 5.01. The summed E-state index contributed by atoms with van der Waals surface area (Å²) >= 11 is 11.4. The monoisotopic (exact) mass is 328 g/mol. The molecule has 0 radical (unpaired) electrons. The van der Waals surface area contributed by atoms with Crippen LogP contribution in [-0.4, -0.2) is 42.2 Å². The molecule has 0 fully saturated rings. The summed E-state index contributed by atoms with van der Waals surface area (Å²) in [7, 11) is 0. The molecular weight excluding hydrogens is 311 g/mol. The molecule has 7 nitrogen and oxygen atoms in total. The Bertz CT molecular complexity index is 311. The van der Waals surface area contributed by atoms with E-state index in [1.54, 1.807) is 0 Å². The van der Waals surface area contributed by atoms with Crippen molar-refractivity contribution in [2.75, 3.05) is 13.1 Å². The maximum atomic E-state index is 11.3. The predicted molar refractivity (Wildman–Crippen MR) is 73.4 cm³/mol. The van der Waals surface area contributed by atoms with Crippen molar-refractivity contribution in [1.82, 2.24) is 10.6 Å². The minimum Gasteiger partial charge on any atom is -0.414 e.